The van der Waals surface area contributed by atoms with Crippen molar-refractivity contribution in [3.63, 3.8) is 0 Å². The lowest BCUT2D eigenvalue weighted by Crippen LogP contribution is -2.33. The van der Waals surface area contributed by atoms with Gasteiger partial charge < -0.3 is 10.5 Å². The highest BCUT2D eigenvalue weighted by molar-refractivity contribution is 6.11. The predicted molar refractivity (Wildman–Crippen MR) is 62.2 cm³/mol. The lowest BCUT2D eigenvalue weighted by Gasteiger charge is -2.07. The van der Waals surface area contributed by atoms with E-state index in [-0.39, 0.29) is 30.5 Å². The Balaban J connectivity index is 2.01. The van der Waals surface area contributed by atoms with E-state index in [1.165, 1.54) is 4.68 Å². The molecule has 1 aromatic rings. The number of carbonyl (C=O) groups excluding carboxylic acids is 2. The minimum atomic E-state index is -0.879. The third-order valence-electron chi connectivity index (χ3n) is 3.67. The van der Waals surface area contributed by atoms with E-state index < -0.39 is 11.5 Å². The molecule has 0 unspecified atom stereocenters. The molecule has 1 saturated carbocycles. The van der Waals surface area contributed by atoms with Crippen LogP contribution in [-0.4, -0.2) is 33.7 Å². The number of nitrogens with zero attached hydrogens (tertiary/aromatic N) is 3. The summed E-state index contributed by atoms with van der Waals surface area (Å²) in [6.45, 7) is 1.78. The number of esters is 1. The molecule has 0 spiro atoms. The van der Waals surface area contributed by atoms with Crippen LogP contribution in [0.15, 0.2) is 0 Å². The largest absolute Gasteiger partial charge is 0.465 e. The second-order valence-electron chi connectivity index (χ2n) is 4.81. The Bertz CT molecular complexity index is 642. The summed E-state index contributed by atoms with van der Waals surface area (Å²) in [7, 11) is 0. The van der Waals surface area contributed by atoms with Gasteiger partial charge in [0, 0.05) is 11.5 Å². The van der Waals surface area contributed by atoms with E-state index in [0.29, 0.717) is 17.7 Å². The molecule has 0 bridgehead atoms. The number of hydrogen-bond acceptors (Lipinski definition) is 6. The molecule has 7 heteroatoms. The topological polar surface area (TPSA) is 111 Å². The molecule has 2 atom stereocenters. The van der Waals surface area contributed by atoms with Gasteiger partial charge >= 0.3 is 5.97 Å². The minimum absolute atomic E-state index is 0.124. The Kier molecular flexibility index (Phi) is 2.28. The molecule has 0 aliphatic heterocycles. The first kappa shape index (κ1) is 11.9. The van der Waals surface area contributed by atoms with Crippen LogP contribution in [0.2, 0.25) is 0 Å². The van der Waals surface area contributed by atoms with Crippen molar-refractivity contribution in [2.24, 2.45) is 5.73 Å². The third-order valence-corrected chi connectivity index (χ3v) is 3.67. The van der Waals surface area contributed by atoms with Crippen molar-refractivity contribution in [3.05, 3.63) is 17.0 Å². The molecule has 2 aliphatic carbocycles. The van der Waals surface area contributed by atoms with Gasteiger partial charge in [-0.1, -0.05) is 0 Å². The first-order chi connectivity index (χ1) is 9.02. The van der Waals surface area contributed by atoms with Crippen molar-refractivity contribution < 1.29 is 14.3 Å². The summed E-state index contributed by atoms with van der Waals surface area (Å²) in [6, 6.07) is 1.96. The van der Waals surface area contributed by atoms with Gasteiger partial charge in [0.1, 0.15) is 18.3 Å². The Morgan fingerprint density at radius 3 is 3.11 bits per heavy atom. The highest BCUT2D eigenvalue weighted by Gasteiger charge is 2.66. The molecule has 19 heavy (non-hydrogen) atoms. The molecule has 98 valence electrons. The molecule has 1 heterocycles. The van der Waals surface area contributed by atoms with Gasteiger partial charge in [0.15, 0.2) is 5.69 Å². The number of nitrogens with two attached hydrogens (primary N) is 1. The lowest BCUT2D eigenvalue weighted by molar-refractivity contribution is -0.144. The van der Waals surface area contributed by atoms with Crippen molar-refractivity contribution in [1.82, 2.24) is 9.78 Å². The second kappa shape index (κ2) is 3.65. The first-order valence-corrected chi connectivity index (χ1v) is 6.03. The predicted octanol–water partition coefficient (Wildman–Crippen LogP) is -0.301. The number of carbonyl (C=O) groups is 2. The van der Waals surface area contributed by atoms with E-state index in [0.717, 1.165) is 0 Å². The maximum Gasteiger partial charge on any atom is 0.327 e. The van der Waals surface area contributed by atoms with Crippen LogP contribution in [0, 0.1) is 11.3 Å². The van der Waals surface area contributed by atoms with E-state index in [1.807, 2.05) is 6.07 Å². The molecule has 1 fully saturated rings. The number of fused-ring (bicyclic) bond motifs is 3. The standard InChI is InChI=1S/C12H12N4O3/c1-2-19-8(17)5-16-10-9(7(4-13)15-16)6-3-12(6,14)11(10)18/h6H,2-3,5,14H2,1H3/t6-,12+/m1/s1. The van der Waals surface area contributed by atoms with Gasteiger partial charge in [-0.3, -0.25) is 9.59 Å². The van der Waals surface area contributed by atoms with E-state index in [9.17, 15) is 9.59 Å². The average molecular weight is 260 g/mol. The molecule has 2 aliphatic rings. The highest BCUT2D eigenvalue weighted by Crippen LogP contribution is 2.58. The number of Topliss-reactive ketones (excluding diaryl/α,β-unsaturated/α-hetero) is 1. The molecule has 1 aromatic heterocycles. The van der Waals surface area contributed by atoms with Crippen LogP contribution in [0.5, 0.6) is 0 Å². The van der Waals surface area contributed by atoms with Crippen LogP contribution in [0.1, 0.15) is 41.0 Å². The van der Waals surface area contributed by atoms with Gasteiger partial charge in [-0.05, 0) is 13.3 Å². The summed E-state index contributed by atoms with van der Waals surface area (Å²) in [6.07, 6.45) is 0.554. The Morgan fingerprint density at radius 1 is 1.74 bits per heavy atom. The third kappa shape index (κ3) is 1.43. The normalized spacial score (nSPS) is 26.6. The van der Waals surface area contributed by atoms with Crippen molar-refractivity contribution in [2.75, 3.05) is 6.61 Å². The van der Waals surface area contributed by atoms with Gasteiger partial charge in [-0.15, -0.1) is 0 Å². The zero-order valence-corrected chi connectivity index (χ0v) is 10.3. The van der Waals surface area contributed by atoms with Crippen LogP contribution in [-0.2, 0) is 16.1 Å². The molecule has 3 rings (SSSR count). The maximum atomic E-state index is 12.2. The van der Waals surface area contributed by atoms with E-state index >= 15 is 0 Å². The van der Waals surface area contributed by atoms with Gasteiger partial charge in [0.2, 0.25) is 5.78 Å². The minimum Gasteiger partial charge on any atom is -0.465 e. The van der Waals surface area contributed by atoms with Crippen molar-refractivity contribution >= 4 is 11.8 Å². The number of nitriles is 1. The molecular formula is C12H12N4O3. The second-order valence-corrected chi connectivity index (χ2v) is 4.81. The van der Waals surface area contributed by atoms with Gasteiger partial charge in [0.05, 0.1) is 12.1 Å². The molecule has 0 radical (unpaired) electrons. The molecule has 2 N–H and O–H groups in total. The van der Waals surface area contributed by atoms with Gasteiger partial charge in [-0.2, -0.15) is 10.4 Å². The summed E-state index contributed by atoms with van der Waals surface area (Å²) in [5.74, 6) is -0.844. The smallest absolute Gasteiger partial charge is 0.327 e. The Labute approximate surface area is 108 Å². The molecule has 0 amide bonds. The van der Waals surface area contributed by atoms with Crippen molar-refractivity contribution in [2.45, 2.75) is 31.3 Å². The number of ketones is 1. The quantitative estimate of drug-likeness (QED) is 0.747. The van der Waals surface area contributed by atoms with Crippen LogP contribution >= 0.6 is 0 Å². The van der Waals surface area contributed by atoms with E-state index in [2.05, 4.69) is 5.10 Å². The summed E-state index contributed by atoms with van der Waals surface area (Å²) >= 11 is 0. The summed E-state index contributed by atoms with van der Waals surface area (Å²) < 4.78 is 6.07. The van der Waals surface area contributed by atoms with Crippen molar-refractivity contribution in [1.29, 1.82) is 5.26 Å². The average Bonchev–Trinajstić information content (AvgIpc) is 2.84. The highest BCUT2D eigenvalue weighted by atomic mass is 16.5. The van der Waals surface area contributed by atoms with Crippen LogP contribution < -0.4 is 5.73 Å². The molecule has 7 nitrogen and oxygen atoms in total. The molecule has 0 saturated heterocycles. The number of hydrogen-bond donors (Lipinski definition) is 1. The monoisotopic (exact) mass is 260 g/mol. The fourth-order valence-electron chi connectivity index (χ4n) is 2.68. The fourth-order valence-corrected chi connectivity index (χ4v) is 2.68. The summed E-state index contributed by atoms with van der Waals surface area (Å²) in [4.78, 5) is 23.7. The van der Waals surface area contributed by atoms with Gasteiger partial charge in [-0.25, -0.2) is 4.68 Å². The first-order valence-electron chi connectivity index (χ1n) is 6.03. The Hall–Kier alpha value is -2.20. The maximum absolute atomic E-state index is 12.2. The van der Waals surface area contributed by atoms with Gasteiger partial charge in [0.25, 0.3) is 0 Å². The fraction of sp³-hybridized carbons (Fsp3) is 0.500. The van der Waals surface area contributed by atoms with E-state index in [4.69, 9.17) is 15.7 Å². The number of aromatic nitrogens is 2. The van der Waals surface area contributed by atoms with Crippen molar-refractivity contribution in [3.8, 4) is 6.07 Å². The molecular weight excluding hydrogens is 248 g/mol. The van der Waals surface area contributed by atoms with Crippen LogP contribution in [0.4, 0.5) is 0 Å². The summed E-state index contributed by atoms with van der Waals surface area (Å²) in [5, 5.41) is 13.1. The SMILES string of the molecule is CCOC(=O)Cn1nc(C#N)c2c1C(=O)[C@]1(N)C[C@H]21. The zero-order valence-electron chi connectivity index (χ0n) is 10.3. The van der Waals surface area contributed by atoms with Crippen LogP contribution in [0.25, 0.3) is 0 Å². The zero-order chi connectivity index (χ0) is 13.8. The summed E-state index contributed by atoms with van der Waals surface area (Å²) in [5.41, 5.74) is 6.15. The van der Waals surface area contributed by atoms with E-state index in [1.54, 1.807) is 6.92 Å². The van der Waals surface area contributed by atoms with Crippen LogP contribution in [0.3, 0.4) is 0 Å². The number of ether oxygens (including phenoxy) is 1. The number of rotatable bonds is 3. The molecule has 0 aromatic carbocycles. The Morgan fingerprint density at radius 2 is 2.47 bits per heavy atom. The lowest BCUT2D eigenvalue weighted by atomic mass is 10.1.